The zero-order valence-electron chi connectivity index (χ0n) is 52.7. The first-order chi connectivity index (χ1) is 44.2. The molecule has 93 heavy (non-hydrogen) atoms. The Bertz CT molecular complexity index is 3370. The van der Waals surface area contributed by atoms with Gasteiger partial charge in [-0.25, -0.2) is 0 Å². The molecule has 29 heteroatoms. The number of ketones is 3. The van der Waals surface area contributed by atoms with Crippen LogP contribution in [0.5, 0.6) is 0 Å². The van der Waals surface area contributed by atoms with E-state index in [2.05, 4.69) is 47.5 Å². The number of H-pyrrole nitrogens is 1. The van der Waals surface area contributed by atoms with E-state index in [1.54, 1.807) is 76.2 Å². The number of hydrogen-bond donors (Lipinski definition) is 12. The number of benzene rings is 2. The minimum atomic E-state index is -1.63. The number of nitrogens with one attached hydrogen (secondary N) is 9. The van der Waals surface area contributed by atoms with Crippen molar-refractivity contribution in [3.63, 3.8) is 0 Å². The molecule has 2 unspecified atom stereocenters. The molecule has 7 rings (SSSR count). The van der Waals surface area contributed by atoms with Crippen LogP contribution < -0.4 is 42.5 Å². The molecule has 2 aromatic carbocycles. The first kappa shape index (κ1) is 71.8. The van der Waals surface area contributed by atoms with Gasteiger partial charge in [0.25, 0.3) is 11.8 Å². The molecular formula is C64H83N11O17S. The average Bonchev–Trinajstić information content (AvgIpc) is 1.69. The number of carbonyl (C=O) groups excluding carboxylic acids is 14. The molecule has 1 saturated heterocycles. The standard InChI is InChI=1S/C64H83N11O17S/c1-7-33(4)57-62(91)67-27-52(84)69-44-31-93-63-42(41-10-8-9-11-43(41)70-63)21-37(60(89)66-28-53(85)72-57)22-48(80)58(35(6)49(81)30-76)73-61(90)45-25-40(77)29-75(45)64(92)38(23-46(44)78)24-51(83)65-26-36-12-14-39(15-13-36)68-59(88)34(5)20-47(79)56(32(2)3)71-50(82)18-19-74-54(86)16-17-55(74)87/h8-17,32-35,37-38,40,44-45,49,56-58,70,76-77,81H,7,18-31H2,1-6H3,(H,65,83)(H,66,89)(H,67,91)(H,68,88)(H,69,84)(H,71,82)(H,72,85)(H,73,90)/t33-,34+,35-,37+,38-,40?,44-,45-,49-,56?,57-,58-/m0/s1. The number of fused-ring (bicyclic) bond motifs is 5. The van der Waals surface area contributed by atoms with Crippen molar-refractivity contribution in [3.8, 4) is 0 Å². The lowest BCUT2D eigenvalue weighted by Crippen LogP contribution is -2.56. The van der Waals surface area contributed by atoms with Crippen LogP contribution in [-0.2, 0) is 80.1 Å². The quantitative estimate of drug-likeness (QED) is 0.0664. The Labute approximate surface area is 541 Å². The summed E-state index contributed by atoms with van der Waals surface area (Å²) in [7, 11) is 0. The van der Waals surface area contributed by atoms with Crippen molar-refractivity contribution in [2.75, 3.05) is 43.9 Å². The van der Waals surface area contributed by atoms with Crippen molar-refractivity contribution in [2.45, 2.75) is 147 Å². The monoisotopic (exact) mass is 1310 g/mol. The zero-order chi connectivity index (χ0) is 68.0. The summed E-state index contributed by atoms with van der Waals surface area (Å²) in [4.78, 5) is 198. The first-order valence-corrected chi connectivity index (χ1v) is 32.2. The number of aromatic nitrogens is 1. The number of nitrogens with zero attached hydrogens (tertiary/aromatic N) is 2. The molecule has 0 saturated carbocycles. The molecule has 502 valence electrons. The van der Waals surface area contributed by atoms with Crippen molar-refractivity contribution >= 4 is 111 Å². The Morgan fingerprint density at radius 3 is 2.10 bits per heavy atom. The van der Waals surface area contributed by atoms with Crippen LogP contribution in [0.1, 0.15) is 97.6 Å². The highest BCUT2D eigenvalue weighted by atomic mass is 32.2. The fraction of sp³-hybridized carbons (Fsp3) is 0.531. The number of anilines is 1. The second kappa shape index (κ2) is 32.7. The Morgan fingerprint density at radius 1 is 0.763 bits per heavy atom. The molecule has 12 atom stereocenters. The van der Waals surface area contributed by atoms with Gasteiger partial charge in [-0.15, -0.1) is 11.8 Å². The van der Waals surface area contributed by atoms with E-state index in [0.29, 0.717) is 39.2 Å². The predicted molar refractivity (Wildman–Crippen MR) is 336 cm³/mol. The van der Waals surface area contributed by atoms with E-state index < -0.39 is 200 Å². The third kappa shape index (κ3) is 19.0. The summed E-state index contributed by atoms with van der Waals surface area (Å²) >= 11 is 1.06. The Kier molecular flexibility index (Phi) is 25.3. The highest BCUT2D eigenvalue weighted by molar-refractivity contribution is 7.99. The molecule has 3 aromatic rings. The van der Waals surface area contributed by atoms with Gasteiger partial charge < -0.3 is 67.7 Å². The molecule has 0 aliphatic carbocycles. The van der Waals surface area contributed by atoms with E-state index in [-0.39, 0.29) is 50.4 Å². The van der Waals surface area contributed by atoms with Crippen LogP contribution >= 0.6 is 11.8 Å². The van der Waals surface area contributed by atoms with Crippen LogP contribution in [0, 0.1) is 35.5 Å². The maximum absolute atomic E-state index is 15.1. The summed E-state index contributed by atoms with van der Waals surface area (Å²) in [5.74, 6) is -16.0. The van der Waals surface area contributed by atoms with Gasteiger partial charge in [-0.2, -0.15) is 0 Å². The summed E-state index contributed by atoms with van der Waals surface area (Å²) in [5.41, 5.74) is 1.91. The van der Waals surface area contributed by atoms with E-state index in [1.165, 1.54) is 13.8 Å². The lowest BCUT2D eigenvalue weighted by Gasteiger charge is -2.32. The molecule has 4 aliphatic rings. The van der Waals surface area contributed by atoms with Gasteiger partial charge in [-0.1, -0.05) is 78.3 Å². The van der Waals surface area contributed by atoms with Gasteiger partial charge in [-0.05, 0) is 47.6 Å². The van der Waals surface area contributed by atoms with Gasteiger partial charge in [0.2, 0.25) is 53.2 Å². The topological polar surface area (TPSA) is 418 Å². The zero-order valence-corrected chi connectivity index (χ0v) is 53.6. The number of carbonyl (C=O) groups is 14. The van der Waals surface area contributed by atoms with Crippen molar-refractivity contribution in [1.29, 1.82) is 0 Å². The van der Waals surface area contributed by atoms with Gasteiger partial charge in [-0.3, -0.25) is 72.0 Å². The van der Waals surface area contributed by atoms with E-state index in [9.17, 15) is 72.9 Å². The molecule has 5 heterocycles. The summed E-state index contributed by atoms with van der Waals surface area (Å²) in [5, 5.41) is 54.4. The van der Waals surface area contributed by atoms with Crippen molar-refractivity contribution in [1.82, 2.24) is 52.0 Å². The second-order valence-corrected chi connectivity index (χ2v) is 25.7. The Morgan fingerprint density at radius 2 is 1.43 bits per heavy atom. The molecule has 2 bridgehead atoms. The molecule has 0 radical (unpaired) electrons. The Balaban J connectivity index is 1.14. The number of amides is 11. The Hall–Kier alpha value is -8.67. The van der Waals surface area contributed by atoms with Crippen LogP contribution in [0.3, 0.4) is 0 Å². The lowest BCUT2D eigenvalue weighted by molar-refractivity contribution is -0.145. The maximum Gasteiger partial charge on any atom is 0.253 e. The van der Waals surface area contributed by atoms with Crippen molar-refractivity contribution in [2.24, 2.45) is 35.5 Å². The van der Waals surface area contributed by atoms with Gasteiger partial charge in [0.05, 0.1) is 61.0 Å². The predicted octanol–water partition coefficient (Wildman–Crippen LogP) is -0.639. The van der Waals surface area contributed by atoms with Crippen LogP contribution in [0.4, 0.5) is 5.69 Å². The number of para-hydroxylation sites is 1. The SMILES string of the molecule is CC[C@H](C)[C@@H]1NC(=O)CNC(=O)[C@H]2CC(=O)[C@H]([C@@H](C)[C@@H](O)CO)NC(=O)[C@@H]3CC(O)CN3C(=O)[C@H](CC(=O)NCc3ccc(NC(=O)[C@H](C)CC(=O)C(NC(=O)CCN4C(=O)C=CC4=O)C(C)C)cc3)CC(=O)[C@H](CSc3[nH]c4ccccc4c3C2)NC(=O)CNC1=O. The minimum Gasteiger partial charge on any atom is -0.394 e. The summed E-state index contributed by atoms with van der Waals surface area (Å²) in [6.45, 7) is 6.87. The van der Waals surface area contributed by atoms with Crippen molar-refractivity contribution < 1.29 is 82.4 Å². The molecular weight excluding hydrogens is 1230 g/mol. The molecule has 28 nitrogen and oxygen atoms in total. The smallest absolute Gasteiger partial charge is 0.253 e. The first-order valence-electron chi connectivity index (χ1n) is 31.2. The van der Waals surface area contributed by atoms with Gasteiger partial charge in [0, 0.05) is 110 Å². The average molecular weight is 1310 g/mol. The van der Waals surface area contributed by atoms with Crippen LogP contribution in [0.25, 0.3) is 10.9 Å². The lowest BCUT2D eigenvalue weighted by atomic mass is 9.85. The van der Waals surface area contributed by atoms with Gasteiger partial charge in [0.15, 0.2) is 17.3 Å². The minimum absolute atomic E-state index is 0.143. The maximum atomic E-state index is 15.1. The fourth-order valence-electron chi connectivity index (χ4n) is 11.6. The third-order valence-corrected chi connectivity index (χ3v) is 18.5. The van der Waals surface area contributed by atoms with Gasteiger partial charge in [0.1, 0.15) is 12.1 Å². The molecule has 1 fully saturated rings. The third-order valence-electron chi connectivity index (χ3n) is 17.3. The second-order valence-electron chi connectivity index (χ2n) is 24.6. The number of rotatable bonds is 19. The highest BCUT2D eigenvalue weighted by Crippen LogP contribution is 2.35. The van der Waals surface area contributed by atoms with E-state index >= 15 is 9.59 Å². The van der Waals surface area contributed by atoms with E-state index in [1.807, 2.05) is 0 Å². The van der Waals surface area contributed by atoms with E-state index in [0.717, 1.165) is 33.7 Å². The van der Waals surface area contributed by atoms with Crippen molar-refractivity contribution in [3.05, 3.63) is 71.8 Å². The number of imide groups is 1. The molecule has 1 aromatic heterocycles. The fourth-order valence-corrected chi connectivity index (χ4v) is 12.7. The van der Waals surface area contributed by atoms with E-state index in [4.69, 9.17) is 0 Å². The number of aromatic amines is 1. The summed E-state index contributed by atoms with van der Waals surface area (Å²) in [6.07, 6.45) is -3.42. The van der Waals surface area contributed by atoms with Gasteiger partial charge >= 0.3 is 0 Å². The molecule has 12 N–H and O–H groups in total. The number of aliphatic hydroxyl groups is 3. The largest absolute Gasteiger partial charge is 0.394 e. The number of hydrogen-bond acceptors (Lipinski definition) is 18. The van der Waals surface area contributed by atoms with Crippen LogP contribution in [0.2, 0.25) is 0 Å². The summed E-state index contributed by atoms with van der Waals surface area (Å²) < 4.78 is 0. The molecule has 11 amide bonds. The normalized spacial score (nSPS) is 24.0. The number of thioether (sulfide) groups is 1. The van der Waals surface area contributed by atoms with Crippen LogP contribution in [-0.4, -0.2) is 193 Å². The highest BCUT2D eigenvalue weighted by Gasteiger charge is 2.45. The summed E-state index contributed by atoms with van der Waals surface area (Å²) in [6, 6.07) is 6.49. The molecule has 4 aliphatic heterocycles. The number of Topliss-reactive ketones (excluding diaryl/α,β-unsaturated/α-hetero) is 3. The molecule has 0 spiro atoms. The number of aliphatic hydroxyl groups excluding tert-OH is 3. The van der Waals surface area contributed by atoms with Crippen LogP contribution in [0.15, 0.2) is 65.7 Å².